The van der Waals surface area contributed by atoms with Crippen molar-refractivity contribution < 1.29 is 9.53 Å². The summed E-state index contributed by atoms with van der Waals surface area (Å²) in [7, 11) is 4.05. The SMILES string of the molecule is CN(C)CCOc1ccccc1-c1ccc(C(=O)N2CCC(N)C2)cc1. The first-order chi connectivity index (χ1) is 12.5. The second-order valence-corrected chi connectivity index (χ2v) is 7.03. The molecule has 0 saturated carbocycles. The maximum absolute atomic E-state index is 12.6. The van der Waals surface area contributed by atoms with Gasteiger partial charge in [-0.2, -0.15) is 0 Å². The molecule has 1 fully saturated rings. The first kappa shape index (κ1) is 18.4. The Kier molecular flexibility index (Phi) is 5.91. The summed E-state index contributed by atoms with van der Waals surface area (Å²) in [5.74, 6) is 0.916. The average Bonchev–Trinajstić information content (AvgIpc) is 3.08. The third-order valence-corrected chi connectivity index (χ3v) is 4.64. The van der Waals surface area contributed by atoms with E-state index in [0.717, 1.165) is 36.4 Å². The highest BCUT2D eigenvalue weighted by atomic mass is 16.5. The number of carbonyl (C=O) groups is 1. The van der Waals surface area contributed by atoms with Crippen LogP contribution >= 0.6 is 0 Å². The van der Waals surface area contributed by atoms with Gasteiger partial charge in [-0.15, -0.1) is 0 Å². The number of nitrogens with two attached hydrogens (primary N) is 1. The Labute approximate surface area is 155 Å². The van der Waals surface area contributed by atoms with Gasteiger partial charge in [0.2, 0.25) is 0 Å². The minimum atomic E-state index is 0.0556. The van der Waals surface area contributed by atoms with Gasteiger partial charge in [-0.3, -0.25) is 4.79 Å². The Morgan fingerprint density at radius 3 is 2.58 bits per heavy atom. The summed E-state index contributed by atoms with van der Waals surface area (Å²) < 4.78 is 5.94. The quantitative estimate of drug-likeness (QED) is 0.867. The topological polar surface area (TPSA) is 58.8 Å². The smallest absolute Gasteiger partial charge is 0.253 e. The molecule has 2 N–H and O–H groups in total. The third-order valence-electron chi connectivity index (χ3n) is 4.64. The molecule has 0 spiro atoms. The molecule has 138 valence electrons. The van der Waals surface area contributed by atoms with E-state index < -0.39 is 0 Å². The number of nitrogens with zero attached hydrogens (tertiary/aromatic N) is 2. The van der Waals surface area contributed by atoms with E-state index in [1.165, 1.54) is 0 Å². The molecule has 5 nitrogen and oxygen atoms in total. The number of hydrogen-bond acceptors (Lipinski definition) is 4. The highest BCUT2D eigenvalue weighted by molar-refractivity contribution is 5.95. The van der Waals surface area contributed by atoms with Gasteiger partial charge in [0.25, 0.3) is 5.91 Å². The standard InChI is InChI=1S/C21H27N3O2/c1-23(2)13-14-26-20-6-4-3-5-19(20)16-7-9-17(10-8-16)21(25)24-12-11-18(22)15-24/h3-10,18H,11-15,22H2,1-2H3. The third kappa shape index (κ3) is 4.42. The summed E-state index contributed by atoms with van der Waals surface area (Å²) in [4.78, 5) is 16.5. The van der Waals surface area contributed by atoms with Gasteiger partial charge in [-0.1, -0.05) is 30.3 Å². The van der Waals surface area contributed by atoms with E-state index >= 15 is 0 Å². The zero-order chi connectivity index (χ0) is 18.5. The van der Waals surface area contributed by atoms with Gasteiger partial charge < -0.3 is 20.3 Å². The molecule has 2 aromatic rings. The van der Waals surface area contributed by atoms with Crippen LogP contribution in [0.1, 0.15) is 16.8 Å². The van der Waals surface area contributed by atoms with Crippen LogP contribution in [-0.4, -0.2) is 62.1 Å². The second kappa shape index (κ2) is 8.34. The number of carbonyl (C=O) groups excluding carboxylic acids is 1. The molecule has 26 heavy (non-hydrogen) atoms. The lowest BCUT2D eigenvalue weighted by Crippen LogP contribution is -2.31. The monoisotopic (exact) mass is 353 g/mol. The Morgan fingerprint density at radius 2 is 1.92 bits per heavy atom. The molecule has 1 heterocycles. The number of amides is 1. The first-order valence-electron chi connectivity index (χ1n) is 9.06. The summed E-state index contributed by atoms with van der Waals surface area (Å²) in [5.41, 5.74) is 8.69. The van der Waals surface area contributed by atoms with Crippen LogP contribution in [0.15, 0.2) is 48.5 Å². The Bertz CT molecular complexity index is 743. The predicted octanol–water partition coefficient (Wildman–Crippen LogP) is 2.47. The van der Waals surface area contributed by atoms with Crippen molar-refractivity contribution in [3.05, 3.63) is 54.1 Å². The molecular weight excluding hydrogens is 326 g/mol. The van der Waals surface area contributed by atoms with Crippen molar-refractivity contribution in [3.63, 3.8) is 0 Å². The van der Waals surface area contributed by atoms with Crippen molar-refractivity contribution in [1.82, 2.24) is 9.80 Å². The fourth-order valence-corrected chi connectivity index (χ4v) is 3.12. The van der Waals surface area contributed by atoms with E-state index in [1.54, 1.807) is 0 Å². The highest BCUT2D eigenvalue weighted by Gasteiger charge is 2.24. The van der Waals surface area contributed by atoms with Crippen LogP contribution in [0, 0.1) is 0 Å². The van der Waals surface area contributed by atoms with Crippen LogP contribution in [0.25, 0.3) is 11.1 Å². The van der Waals surface area contributed by atoms with Gasteiger partial charge in [0, 0.05) is 36.8 Å². The van der Waals surface area contributed by atoms with Gasteiger partial charge in [0.15, 0.2) is 0 Å². The van der Waals surface area contributed by atoms with Crippen molar-refractivity contribution in [2.75, 3.05) is 40.3 Å². The van der Waals surface area contributed by atoms with E-state index in [9.17, 15) is 4.79 Å². The van der Waals surface area contributed by atoms with Crippen LogP contribution in [0.4, 0.5) is 0 Å². The van der Waals surface area contributed by atoms with E-state index in [2.05, 4.69) is 4.90 Å². The molecule has 2 aromatic carbocycles. The molecule has 0 radical (unpaired) electrons. The van der Waals surface area contributed by atoms with Gasteiger partial charge in [0.05, 0.1) is 0 Å². The number of hydrogen-bond donors (Lipinski definition) is 1. The van der Waals surface area contributed by atoms with Crippen LogP contribution in [0.5, 0.6) is 5.75 Å². The molecule has 0 aliphatic carbocycles. The fourth-order valence-electron chi connectivity index (χ4n) is 3.12. The number of ether oxygens (including phenoxy) is 1. The van der Waals surface area contributed by atoms with Gasteiger partial charge in [0.1, 0.15) is 12.4 Å². The van der Waals surface area contributed by atoms with Crippen LogP contribution in [0.2, 0.25) is 0 Å². The Hall–Kier alpha value is -2.37. The number of para-hydroxylation sites is 1. The number of likely N-dealkylation sites (tertiary alicyclic amines) is 1. The summed E-state index contributed by atoms with van der Waals surface area (Å²) in [5, 5.41) is 0. The van der Waals surface area contributed by atoms with E-state index in [4.69, 9.17) is 10.5 Å². The summed E-state index contributed by atoms with van der Waals surface area (Å²) >= 11 is 0. The van der Waals surface area contributed by atoms with Crippen molar-refractivity contribution in [2.24, 2.45) is 5.73 Å². The Balaban J connectivity index is 1.73. The van der Waals surface area contributed by atoms with Crippen molar-refractivity contribution in [1.29, 1.82) is 0 Å². The Morgan fingerprint density at radius 1 is 1.19 bits per heavy atom. The van der Waals surface area contributed by atoms with Crippen LogP contribution < -0.4 is 10.5 Å². The van der Waals surface area contributed by atoms with Crippen molar-refractivity contribution >= 4 is 5.91 Å². The lowest BCUT2D eigenvalue weighted by molar-refractivity contribution is 0.0791. The number of rotatable bonds is 6. The van der Waals surface area contributed by atoms with E-state index in [-0.39, 0.29) is 11.9 Å². The zero-order valence-electron chi connectivity index (χ0n) is 15.5. The van der Waals surface area contributed by atoms with Crippen LogP contribution in [0.3, 0.4) is 0 Å². The maximum Gasteiger partial charge on any atom is 0.253 e. The molecule has 1 saturated heterocycles. The summed E-state index contributed by atoms with van der Waals surface area (Å²) in [6, 6.07) is 15.8. The molecule has 5 heteroatoms. The molecule has 1 unspecified atom stereocenters. The molecule has 1 aliphatic heterocycles. The molecule has 1 amide bonds. The summed E-state index contributed by atoms with van der Waals surface area (Å²) in [6.45, 7) is 2.88. The lowest BCUT2D eigenvalue weighted by Gasteiger charge is -2.16. The van der Waals surface area contributed by atoms with Crippen LogP contribution in [-0.2, 0) is 0 Å². The molecule has 3 rings (SSSR count). The zero-order valence-corrected chi connectivity index (χ0v) is 15.5. The highest BCUT2D eigenvalue weighted by Crippen LogP contribution is 2.30. The van der Waals surface area contributed by atoms with E-state index in [1.807, 2.05) is 67.5 Å². The van der Waals surface area contributed by atoms with Crippen molar-refractivity contribution in [2.45, 2.75) is 12.5 Å². The normalized spacial score (nSPS) is 16.9. The molecule has 0 aromatic heterocycles. The first-order valence-corrected chi connectivity index (χ1v) is 9.06. The number of benzene rings is 2. The second-order valence-electron chi connectivity index (χ2n) is 7.03. The average molecular weight is 353 g/mol. The summed E-state index contributed by atoms with van der Waals surface area (Å²) in [6.07, 6.45) is 0.876. The molecule has 1 atom stereocenters. The largest absolute Gasteiger partial charge is 0.492 e. The molecular formula is C21H27N3O2. The lowest BCUT2D eigenvalue weighted by atomic mass is 10.0. The maximum atomic E-state index is 12.6. The van der Waals surface area contributed by atoms with Crippen molar-refractivity contribution in [3.8, 4) is 16.9 Å². The van der Waals surface area contributed by atoms with Gasteiger partial charge >= 0.3 is 0 Å². The van der Waals surface area contributed by atoms with E-state index in [0.29, 0.717) is 18.7 Å². The minimum Gasteiger partial charge on any atom is -0.492 e. The molecule has 1 aliphatic rings. The fraction of sp³-hybridized carbons (Fsp3) is 0.381. The molecule has 0 bridgehead atoms. The van der Waals surface area contributed by atoms with Gasteiger partial charge in [-0.05, 0) is 44.3 Å². The number of likely N-dealkylation sites (N-methyl/N-ethyl adjacent to an activating group) is 1. The van der Waals surface area contributed by atoms with Gasteiger partial charge in [-0.25, -0.2) is 0 Å². The minimum absolute atomic E-state index is 0.0556. The predicted molar refractivity (Wildman–Crippen MR) is 104 cm³/mol.